The lowest BCUT2D eigenvalue weighted by Gasteiger charge is -2.24. The molecular formula is C14H18N2O4. The second kappa shape index (κ2) is 5.40. The van der Waals surface area contributed by atoms with Gasteiger partial charge in [0.05, 0.1) is 12.7 Å². The number of nitrogens with two attached hydrogens (primary N) is 1. The van der Waals surface area contributed by atoms with Crippen molar-refractivity contribution >= 4 is 17.6 Å². The number of hydrogen-bond donors (Lipinski definition) is 2. The number of nitrogens with zero attached hydrogens (tertiary/aromatic N) is 1. The molecule has 0 aromatic heterocycles. The van der Waals surface area contributed by atoms with Gasteiger partial charge in [-0.3, -0.25) is 4.79 Å². The van der Waals surface area contributed by atoms with Gasteiger partial charge in [-0.25, -0.2) is 4.79 Å². The number of carboxylic acid groups (broad SMARTS) is 1. The Morgan fingerprint density at radius 2 is 2.15 bits per heavy atom. The van der Waals surface area contributed by atoms with E-state index >= 15 is 0 Å². The number of carbonyl (C=O) groups excluding carboxylic acids is 1. The summed E-state index contributed by atoms with van der Waals surface area (Å²) in [6, 6.07) is 3.98. The molecule has 6 heteroatoms. The van der Waals surface area contributed by atoms with Gasteiger partial charge in [-0.15, -0.1) is 0 Å². The van der Waals surface area contributed by atoms with Gasteiger partial charge in [0, 0.05) is 18.3 Å². The maximum atomic E-state index is 12.5. The molecule has 1 heterocycles. The molecule has 3 N–H and O–H groups in total. The van der Waals surface area contributed by atoms with E-state index in [1.54, 1.807) is 18.2 Å². The van der Waals surface area contributed by atoms with E-state index in [0.717, 1.165) is 0 Å². The van der Waals surface area contributed by atoms with Gasteiger partial charge < -0.3 is 20.5 Å². The Morgan fingerprint density at radius 3 is 2.70 bits per heavy atom. The van der Waals surface area contributed by atoms with Crippen molar-refractivity contribution in [3.8, 4) is 5.75 Å². The maximum absolute atomic E-state index is 12.5. The molecule has 2 rings (SSSR count). The molecular weight excluding hydrogens is 260 g/mol. The van der Waals surface area contributed by atoms with Gasteiger partial charge in [-0.1, -0.05) is 6.92 Å². The predicted octanol–water partition coefficient (Wildman–Crippen LogP) is 1.21. The number of anilines is 1. The number of hydrogen-bond acceptors (Lipinski definition) is 4. The summed E-state index contributed by atoms with van der Waals surface area (Å²) in [5, 5.41) is 9.26. The van der Waals surface area contributed by atoms with Gasteiger partial charge in [0.25, 0.3) is 5.91 Å². The number of amides is 1. The van der Waals surface area contributed by atoms with Crippen LogP contribution in [-0.2, 0) is 4.79 Å². The van der Waals surface area contributed by atoms with E-state index in [1.807, 2.05) is 6.92 Å². The zero-order chi connectivity index (χ0) is 14.9. The SMILES string of the molecule is COc1ccc(C(=O)N2CCC(C)C2C(=O)O)c(N)c1. The first kappa shape index (κ1) is 14.2. The highest BCUT2D eigenvalue weighted by Crippen LogP contribution is 2.28. The Kier molecular flexibility index (Phi) is 3.83. The Hall–Kier alpha value is -2.24. The highest BCUT2D eigenvalue weighted by Gasteiger charge is 2.40. The molecule has 1 aromatic carbocycles. The summed E-state index contributed by atoms with van der Waals surface area (Å²) in [5.74, 6) is -0.822. The van der Waals surface area contributed by atoms with E-state index in [4.69, 9.17) is 10.5 Å². The molecule has 1 amide bonds. The quantitative estimate of drug-likeness (QED) is 0.811. The van der Waals surface area contributed by atoms with E-state index in [0.29, 0.717) is 24.3 Å². The van der Waals surface area contributed by atoms with Crippen molar-refractivity contribution in [1.29, 1.82) is 0 Å². The summed E-state index contributed by atoms with van der Waals surface area (Å²) in [6.07, 6.45) is 0.679. The lowest BCUT2D eigenvalue weighted by atomic mass is 10.0. The number of carboxylic acids is 1. The first-order valence-corrected chi connectivity index (χ1v) is 6.43. The molecule has 6 nitrogen and oxygen atoms in total. The second-order valence-electron chi connectivity index (χ2n) is 5.00. The molecule has 1 aliphatic heterocycles. The van der Waals surface area contributed by atoms with Crippen molar-refractivity contribution in [3.63, 3.8) is 0 Å². The highest BCUT2D eigenvalue weighted by molar-refractivity contribution is 6.01. The summed E-state index contributed by atoms with van der Waals surface area (Å²) in [6.45, 7) is 2.27. The minimum atomic E-state index is -0.976. The first-order valence-electron chi connectivity index (χ1n) is 6.43. The van der Waals surface area contributed by atoms with E-state index in [9.17, 15) is 14.7 Å². The van der Waals surface area contributed by atoms with Crippen molar-refractivity contribution in [2.75, 3.05) is 19.4 Å². The average Bonchev–Trinajstić information content (AvgIpc) is 2.79. The normalized spacial score (nSPS) is 21.8. The fraction of sp³-hybridized carbons (Fsp3) is 0.429. The van der Waals surface area contributed by atoms with Gasteiger partial charge in [0.2, 0.25) is 0 Å². The number of nitrogen functional groups attached to an aromatic ring is 1. The monoisotopic (exact) mass is 278 g/mol. The number of rotatable bonds is 3. The van der Waals surface area contributed by atoms with Gasteiger partial charge >= 0.3 is 5.97 Å². The summed E-state index contributed by atoms with van der Waals surface area (Å²) in [7, 11) is 1.51. The average molecular weight is 278 g/mol. The Balaban J connectivity index is 2.29. The maximum Gasteiger partial charge on any atom is 0.326 e. The largest absolute Gasteiger partial charge is 0.497 e. The van der Waals surface area contributed by atoms with Crippen LogP contribution in [0.15, 0.2) is 18.2 Å². The topological polar surface area (TPSA) is 92.9 Å². The molecule has 0 aliphatic carbocycles. The fourth-order valence-corrected chi connectivity index (χ4v) is 2.57. The summed E-state index contributed by atoms with van der Waals surface area (Å²) in [5.41, 5.74) is 6.45. The van der Waals surface area contributed by atoms with Crippen molar-refractivity contribution in [1.82, 2.24) is 4.90 Å². The molecule has 1 saturated heterocycles. The first-order chi connectivity index (χ1) is 9.45. The zero-order valence-corrected chi connectivity index (χ0v) is 11.5. The fourth-order valence-electron chi connectivity index (χ4n) is 2.57. The summed E-state index contributed by atoms with van der Waals surface area (Å²) >= 11 is 0. The van der Waals surface area contributed by atoms with Crippen LogP contribution in [0.1, 0.15) is 23.7 Å². The van der Waals surface area contributed by atoms with Crippen LogP contribution in [0.25, 0.3) is 0 Å². The molecule has 1 aliphatic rings. The molecule has 0 saturated carbocycles. The summed E-state index contributed by atoms with van der Waals surface area (Å²) in [4.78, 5) is 25.1. The summed E-state index contributed by atoms with van der Waals surface area (Å²) < 4.78 is 5.03. The smallest absolute Gasteiger partial charge is 0.326 e. The second-order valence-corrected chi connectivity index (χ2v) is 5.00. The third-order valence-electron chi connectivity index (χ3n) is 3.70. The number of methoxy groups -OCH3 is 1. The van der Waals surface area contributed by atoms with Crippen molar-refractivity contribution in [3.05, 3.63) is 23.8 Å². The minimum Gasteiger partial charge on any atom is -0.497 e. The van der Waals surface area contributed by atoms with Crippen LogP contribution in [0, 0.1) is 5.92 Å². The lowest BCUT2D eigenvalue weighted by Crippen LogP contribution is -2.43. The van der Waals surface area contributed by atoms with Crippen molar-refractivity contribution < 1.29 is 19.4 Å². The van der Waals surface area contributed by atoms with Crippen LogP contribution in [0.5, 0.6) is 5.75 Å². The third kappa shape index (κ3) is 2.41. The molecule has 1 fully saturated rings. The van der Waals surface area contributed by atoms with Gasteiger partial charge in [-0.2, -0.15) is 0 Å². The van der Waals surface area contributed by atoms with E-state index in [2.05, 4.69) is 0 Å². The molecule has 2 atom stereocenters. The van der Waals surface area contributed by atoms with Gasteiger partial charge in [0.1, 0.15) is 11.8 Å². The van der Waals surface area contributed by atoms with Crippen LogP contribution >= 0.6 is 0 Å². The van der Waals surface area contributed by atoms with Crippen LogP contribution in [0.3, 0.4) is 0 Å². The molecule has 20 heavy (non-hydrogen) atoms. The van der Waals surface area contributed by atoms with Crippen LogP contribution in [0.2, 0.25) is 0 Å². The zero-order valence-electron chi connectivity index (χ0n) is 11.5. The third-order valence-corrected chi connectivity index (χ3v) is 3.70. The van der Waals surface area contributed by atoms with Crippen LogP contribution in [0.4, 0.5) is 5.69 Å². The van der Waals surface area contributed by atoms with Crippen molar-refractivity contribution in [2.45, 2.75) is 19.4 Å². The number of aliphatic carboxylic acids is 1. The number of carbonyl (C=O) groups is 2. The number of benzene rings is 1. The van der Waals surface area contributed by atoms with E-state index in [1.165, 1.54) is 12.0 Å². The molecule has 2 unspecified atom stereocenters. The van der Waals surface area contributed by atoms with E-state index < -0.39 is 12.0 Å². The lowest BCUT2D eigenvalue weighted by molar-refractivity contribution is -0.142. The van der Waals surface area contributed by atoms with E-state index in [-0.39, 0.29) is 17.5 Å². The van der Waals surface area contributed by atoms with Gasteiger partial charge in [-0.05, 0) is 24.5 Å². The van der Waals surface area contributed by atoms with Crippen LogP contribution < -0.4 is 10.5 Å². The molecule has 0 radical (unpaired) electrons. The molecule has 1 aromatic rings. The standard InChI is InChI=1S/C14H18N2O4/c1-8-5-6-16(12(8)14(18)19)13(17)10-4-3-9(20-2)7-11(10)15/h3-4,7-8,12H,5-6,15H2,1-2H3,(H,18,19). The molecule has 0 spiro atoms. The predicted molar refractivity (Wildman–Crippen MR) is 73.6 cm³/mol. The minimum absolute atomic E-state index is 0.0593. The van der Waals surface area contributed by atoms with Crippen LogP contribution in [-0.4, -0.2) is 41.6 Å². The Morgan fingerprint density at radius 1 is 1.45 bits per heavy atom. The number of ether oxygens (including phenoxy) is 1. The Bertz CT molecular complexity index is 544. The molecule has 108 valence electrons. The highest BCUT2D eigenvalue weighted by atomic mass is 16.5. The van der Waals surface area contributed by atoms with Crippen molar-refractivity contribution in [2.24, 2.45) is 5.92 Å². The van der Waals surface area contributed by atoms with Gasteiger partial charge in [0.15, 0.2) is 0 Å². The Labute approximate surface area is 117 Å². The molecule has 0 bridgehead atoms. The number of likely N-dealkylation sites (tertiary alicyclic amines) is 1.